The zero-order valence-electron chi connectivity index (χ0n) is 19.4. The first kappa shape index (κ1) is 25.0. The van der Waals surface area contributed by atoms with Crippen LogP contribution in [0.2, 0.25) is 0 Å². The van der Waals surface area contributed by atoms with Gasteiger partial charge in [-0.3, -0.25) is 9.59 Å². The van der Waals surface area contributed by atoms with Crippen molar-refractivity contribution in [1.29, 1.82) is 0 Å². The molecule has 0 bridgehead atoms. The normalized spacial score (nSPS) is 16.3. The van der Waals surface area contributed by atoms with E-state index in [0.717, 1.165) is 32.4 Å². The molecule has 1 aliphatic heterocycles. The van der Waals surface area contributed by atoms with E-state index in [0.29, 0.717) is 31.5 Å². The van der Waals surface area contributed by atoms with Crippen LogP contribution in [0, 0.1) is 11.8 Å². The number of aromatic hydroxyl groups is 2. The maximum Gasteiger partial charge on any atom is 0.245 e. The Morgan fingerprint density at radius 3 is 2.48 bits per heavy atom. The van der Waals surface area contributed by atoms with E-state index in [-0.39, 0.29) is 35.1 Å². The topological polar surface area (TPSA) is 93.1 Å². The van der Waals surface area contributed by atoms with Crippen molar-refractivity contribution in [2.75, 3.05) is 33.2 Å². The highest BCUT2D eigenvalue weighted by molar-refractivity contribution is 5.88. The molecular weight excluding hydrogens is 394 g/mol. The standard InChI is InChI=1S/C24H39N3O4/c1-5-12-27(15-11-18-7-6-8-21(28)22(18)29)24(31)20(16-17(2)3)25-23(30)19-9-13-26(4)14-10-19/h6-8,17,19-20,28-29H,5,9-16H2,1-4H3,(H,25,30)/t20-/m0/s1. The number of phenolic OH excluding ortho intramolecular Hbond substituents is 2. The molecule has 174 valence electrons. The minimum absolute atomic E-state index is 0.0193. The van der Waals surface area contributed by atoms with Crippen LogP contribution in [-0.2, 0) is 16.0 Å². The molecule has 1 heterocycles. The molecule has 0 unspecified atom stereocenters. The van der Waals surface area contributed by atoms with Crippen molar-refractivity contribution in [3.05, 3.63) is 23.8 Å². The van der Waals surface area contributed by atoms with Gasteiger partial charge in [-0.25, -0.2) is 0 Å². The molecule has 1 aliphatic rings. The molecule has 0 spiro atoms. The third kappa shape index (κ3) is 7.42. The Morgan fingerprint density at radius 1 is 1.19 bits per heavy atom. The van der Waals surface area contributed by atoms with Gasteiger partial charge in [0.05, 0.1) is 0 Å². The Bertz CT molecular complexity index is 730. The number of benzene rings is 1. The Labute approximate surface area is 186 Å². The van der Waals surface area contributed by atoms with Gasteiger partial charge in [-0.1, -0.05) is 32.9 Å². The quantitative estimate of drug-likeness (QED) is 0.494. The molecule has 2 rings (SSSR count). The van der Waals surface area contributed by atoms with Crippen LogP contribution in [-0.4, -0.2) is 71.1 Å². The number of nitrogens with one attached hydrogen (secondary N) is 1. The van der Waals surface area contributed by atoms with Crippen LogP contribution in [0.4, 0.5) is 0 Å². The summed E-state index contributed by atoms with van der Waals surface area (Å²) in [6.45, 7) is 8.92. The van der Waals surface area contributed by atoms with Gasteiger partial charge in [-0.15, -0.1) is 0 Å². The molecule has 0 radical (unpaired) electrons. The summed E-state index contributed by atoms with van der Waals surface area (Å²) >= 11 is 0. The van der Waals surface area contributed by atoms with E-state index in [1.807, 2.05) is 6.92 Å². The SMILES string of the molecule is CCCN(CCc1cccc(O)c1O)C(=O)[C@H](CC(C)C)NC(=O)C1CCN(C)CC1. The fraction of sp³-hybridized carbons (Fsp3) is 0.667. The van der Waals surface area contributed by atoms with Crippen molar-refractivity contribution in [3.8, 4) is 11.5 Å². The second-order valence-electron chi connectivity index (χ2n) is 9.13. The Hall–Kier alpha value is -2.28. The first-order chi connectivity index (χ1) is 14.7. The number of hydrogen-bond donors (Lipinski definition) is 3. The molecule has 2 amide bonds. The maximum atomic E-state index is 13.4. The molecule has 1 aromatic carbocycles. The number of piperidine rings is 1. The van der Waals surface area contributed by atoms with Crippen molar-refractivity contribution in [3.63, 3.8) is 0 Å². The number of carbonyl (C=O) groups excluding carboxylic acids is 2. The summed E-state index contributed by atoms with van der Waals surface area (Å²) in [5, 5.41) is 22.9. The third-order valence-corrected chi connectivity index (χ3v) is 5.97. The monoisotopic (exact) mass is 433 g/mol. The Kier molecular flexibility index (Phi) is 9.62. The van der Waals surface area contributed by atoms with E-state index in [1.54, 1.807) is 17.0 Å². The Morgan fingerprint density at radius 2 is 1.87 bits per heavy atom. The van der Waals surface area contributed by atoms with Crippen LogP contribution in [0.1, 0.15) is 52.0 Å². The highest BCUT2D eigenvalue weighted by Crippen LogP contribution is 2.28. The average Bonchev–Trinajstić information content (AvgIpc) is 2.73. The minimum Gasteiger partial charge on any atom is -0.504 e. The summed E-state index contributed by atoms with van der Waals surface area (Å²) in [5.74, 6) is -0.159. The van der Waals surface area contributed by atoms with Gasteiger partial charge < -0.3 is 25.3 Å². The van der Waals surface area contributed by atoms with Gasteiger partial charge >= 0.3 is 0 Å². The largest absolute Gasteiger partial charge is 0.504 e. The van der Waals surface area contributed by atoms with Crippen LogP contribution in [0.3, 0.4) is 0 Å². The van der Waals surface area contributed by atoms with Gasteiger partial charge in [0.2, 0.25) is 11.8 Å². The van der Waals surface area contributed by atoms with Crippen molar-refractivity contribution >= 4 is 11.8 Å². The predicted molar refractivity (Wildman–Crippen MR) is 122 cm³/mol. The number of para-hydroxylation sites is 1. The summed E-state index contributed by atoms with van der Waals surface area (Å²) in [5.41, 5.74) is 0.602. The van der Waals surface area contributed by atoms with E-state index in [4.69, 9.17) is 0 Å². The van der Waals surface area contributed by atoms with E-state index in [2.05, 4.69) is 31.1 Å². The van der Waals surface area contributed by atoms with E-state index >= 15 is 0 Å². The lowest BCUT2D eigenvalue weighted by atomic mass is 9.94. The second kappa shape index (κ2) is 11.9. The fourth-order valence-electron chi connectivity index (χ4n) is 4.11. The molecule has 7 nitrogen and oxygen atoms in total. The first-order valence-corrected chi connectivity index (χ1v) is 11.5. The number of amides is 2. The summed E-state index contributed by atoms with van der Waals surface area (Å²) in [4.78, 5) is 30.3. The zero-order chi connectivity index (χ0) is 23.0. The maximum absolute atomic E-state index is 13.4. The van der Waals surface area contributed by atoms with Gasteiger partial charge in [0.25, 0.3) is 0 Å². The molecule has 31 heavy (non-hydrogen) atoms. The van der Waals surface area contributed by atoms with Crippen molar-refractivity contribution in [2.45, 2.75) is 58.9 Å². The number of likely N-dealkylation sites (tertiary alicyclic amines) is 1. The summed E-state index contributed by atoms with van der Waals surface area (Å²) in [6.07, 6.45) is 3.47. The minimum atomic E-state index is -0.545. The van der Waals surface area contributed by atoms with E-state index in [9.17, 15) is 19.8 Å². The molecule has 7 heteroatoms. The number of rotatable bonds is 10. The van der Waals surface area contributed by atoms with Gasteiger partial charge in [0.1, 0.15) is 6.04 Å². The van der Waals surface area contributed by atoms with E-state index in [1.165, 1.54) is 6.07 Å². The molecule has 0 saturated carbocycles. The molecule has 1 fully saturated rings. The van der Waals surface area contributed by atoms with Crippen LogP contribution < -0.4 is 5.32 Å². The molecular formula is C24H39N3O4. The highest BCUT2D eigenvalue weighted by Gasteiger charge is 2.30. The van der Waals surface area contributed by atoms with Gasteiger partial charge in [0.15, 0.2) is 11.5 Å². The van der Waals surface area contributed by atoms with Crippen molar-refractivity contribution < 1.29 is 19.8 Å². The molecule has 1 saturated heterocycles. The van der Waals surface area contributed by atoms with Crippen molar-refractivity contribution in [2.24, 2.45) is 11.8 Å². The van der Waals surface area contributed by atoms with E-state index < -0.39 is 6.04 Å². The molecule has 1 aromatic rings. The zero-order valence-corrected chi connectivity index (χ0v) is 19.4. The molecule has 3 N–H and O–H groups in total. The second-order valence-corrected chi connectivity index (χ2v) is 9.13. The lowest BCUT2D eigenvalue weighted by Gasteiger charge is -2.32. The summed E-state index contributed by atoms with van der Waals surface area (Å²) in [6, 6.07) is 4.32. The van der Waals surface area contributed by atoms with Crippen molar-refractivity contribution in [1.82, 2.24) is 15.1 Å². The van der Waals surface area contributed by atoms with Crippen LogP contribution in [0.25, 0.3) is 0 Å². The number of nitrogens with zero attached hydrogens (tertiary/aromatic N) is 2. The van der Waals surface area contributed by atoms with Gasteiger partial charge in [-0.2, -0.15) is 0 Å². The number of carbonyl (C=O) groups is 2. The average molecular weight is 434 g/mol. The summed E-state index contributed by atoms with van der Waals surface area (Å²) < 4.78 is 0. The molecule has 1 atom stereocenters. The molecule has 0 aliphatic carbocycles. The molecule has 0 aromatic heterocycles. The predicted octanol–water partition coefficient (Wildman–Crippen LogP) is 2.75. The van der Waals surface area contributed by atoms with Gasteiger partial charge in [-0.05, 0) is 69.8 Å². The smallest absolute Gasteiger partial charge is 0.245 e. The number of phenols is 2. The van der Waals surface area contributed by atoms with Gasteiger partial charge in [0, 0.05) is 19.0 Å². The fourth-order valence-corrected chi connectivity index (χ4v) is 4.11. The highest BCUT2D eigenvalue weighted by atomic mass is 16.3. The van der Waals surface area contributed by atoms with Crippen LogP contribution in [0.5, 0.6) is 11.5 Å². The van der Waals surface area contributed by atoms with Crippen LogP contribution >= 0.6 is 0 Å². The Balaban J connectivity index is 2.07. The lowest BCUT2D eigenvalue weighted by molar-refractivity contribution is -0.138. The number of hydrogen-bond acceptors (Lipinski definition) is 5. The third-order valence-electron chi connectivity index (χ3n) is 5.97. The summed E-state index contributed by atoms with van der Waals surface area (Å²) in [7, 11) is 2.06. The lowest BCUT2D eigenvalue weighted by Crippen LogP contribution is -2.52. The van der Waals surface area contributed by atoms with Crippen LogP contribution in [0.15, 0.2) is 18.2 Å². The first-order valence-electron chi connectivity index (χ1n) is 11.5.